The average molecular weight is 553 g/mol. The fourth-order valence-electron chi connectivity index (χ4n) is 6.24. The van der Waals surface area contributed by atoms with E-state index in [4.69, 9.17) is 21.1 Å². The summed E-state index contributed by atoms with van der Waals surface area (Å²) in [5.74, 6) is -0.502. The Morgan fingerprint density at radius 1 is 1.13 bits per heavy atom. The number of esters is 1. The Kier molecular flexibility index (Phi) is 7.92. The summed E-state index contributed by atoms with van der Waals surface area (Å²) in [7, 11) is 2.89. The lowest BCUT2D eigenvalue weighted by Gasteiger charge is -2.41. The predicted octanol–water partition coefficient (Wildman–Crippen LogP) is 4.76. The number of aryl methyl sites for hydroxylation is 1. The number of carbonyl (C=O) groups excluding carboxylic acids is 2. The summed E-state index contributed by atoms with van der Waals surface area (Å²) in [6.45, 7) is 2.48. The van der Waals surface area contributed by atoms with Gasteiger partial charge >= 0.3 is 5.97 Å². The minimum Gasteiger partial charge on any atom is -0.490 e. The maximum Gasteiger partial charge on any atom is 0.343 e. The third kappa shape index (κ3) is 5.39. The van der Waals surface area contributed by atoms with Gasteiger partial charge in [0.15, 0.2) is 5.60 Å². The molecule has 208 valence electrons. The van der Waals surface area contributed by atoms with Crippen LogP contribution in [0.4, 0.5) is 5.69 Å². The summed E-state index contributed by atoms with van der Waals surface area (Å²) in [6.07, 6.45) is 9.57. The van der Waals surface area contributed by atoms with Crippen molar-refractivity contribution in [1.29, 1.82) is 0 Å². The maximum atomic E-state index is 13.1. The first-order chi connectivity index (χ1) is 18.8. The van der Waals surface area contributed by atoms with Gasteiger partial charge < -0.3 is 24.4 Å². The fraction of sp³-hybridized carbons (Fsp3) is 0.484. The quantitative estimate of drug-likeness (QED) is 0.406. The molecular formula is C31H37ClN2O5. The van der Waals surface area contributed by atoms with E-state index in [2.05, 4.69) is 23.1 Å². The number of amides is 1. The van der Waals surface area contributed by atoms with Gasteiger partial charge in [0.05, 0.1) is 25.8 Å². The summed E-state index contributed by atoms with van der Waals surface area (Å²) >= 11 is 6.36. The number of benzene rings is 2. The van der Waals surface area contributed by atoms with Gasteiger partial charge in [-0.05, 0) is 79.5 Å². The van der Waals surface area contributed by atoms with Gasteiger partial charge in [0.1, 0.15) is 5.75 Å². The van der Waals surface area contributed by atoms with E-state index in [0.717, 1.165) is 62.3 Å². The molecule has 39 heavy (non-hydrogen) atoms. The number of aliphatic hydroxyl groups is 1. The van der Waals surface area contributed by atoms with Crippen molar-refractivity contribution < 1.29 is 24.2 Å². The van der Waals surface area contributed by atoms with E-state index >= 15 is 0 Å². The van der Waals surface area contributed by atoms with Gasteiger partial charge in [-0.25, -0.2) is 4.79 Å². The molecule has 3 aliphatic rings. The molecule has 2 aromatic rings. The van der Waals surface area contributed by atoms with Crippen molar-refractivity contribution in [2.45, 2.75) is 56.0 Å². The van der Waals surface area contributed by atoms with Crippen LogP contribution in [0.25, 0.3) is 0 Å². The maximum absolute atomic E-state index is 13.1. The zero-order valence-corrected chi connectivity index (χ0v) is 23.5. The van der Waals surface area contributed by atoms with Crippen molar-refractivity contribution in [3.05, 3.63) is 70.3 Å². The van der Waals surface area contributed by atoms with Crippen molar-refractivity contribution in [1.82, 2.24) is 4.90 Å². The summed E-state index contributed by atoms with van der Waals surface area (Å²) in [4.78, 5) is 29.9. The van der Waals surface area contributed by atoms with Crippen LogP contribution >= 0.6 is 11.6 Å². The van der Waals surface area contributed by atoms with Crippen molar-refractivity contribution >= 4 is 29.2 Å². The van der Waals surface area contributed by atoms with Crippen LogP contribution in [0, 0.1) is 0 Å². The summed E-state index contributed by atoms with van der Waals surface area (Å²) < 4.78 is 11.5. The number of hydrogen-bond acceptors (Lipinski definition) is 6. The smallest absolute Gasteiger partial charge is 0.343 e. The zero-order chi connectivity index (χ0) is 27.6. The van der Waals surface area contributed by atoms with Crippen LogP contribution in [0.3, 0.4) is 0 Å². The molecular weight excluding hydrogens is 516 g/mol. The number of halogens is 1. The molecule has 0 saturated heterocycles. The third-order valence-corrected chi connectivity index (χ3v) is 8.70. The number of anilines is 1. The number of rotatable bonds is 1. The first-order valence-electron chi connectivity index (χ1n) is 13.8. The standard InChI is InChI=1S/C31H37ClN2O5/c1-33-15-6-4-3-5-7-16-34-20-30(14-8-9-22-17-24(32)11-12-25(22)30)21-39-27-13-10-23(18-26(27)34)31(37,19-28(33)35)29(36)38-2/h4,6,10-13,17-18,37H,3,5,7-9,14-16,19-21H2,1-2H3/b6-4-/t30-,31+/m0/s1. The van der Waals surface area contributed by atoms with Crippen LogP contribution in [0.2, 0.25) is 5.02 Å². The van der Waals surface area contributed by atoms with E-state index in [1.54, 1.807) is 13.1 Å². The van der Waals surface area contributed by atoms with E-state index in [1.807, 2.05) is 24.3 Å². The van der Waals surface area contributed by atoms with Crippen LogP contribution in [-0.4, -0.2) is 62.3 Å². The Labute approximate surface area is 235 Å². The largest absolute Gasteiger partial charge is 0.490 e. The molecule has 2 aromatic carbocycles. The van der Waals surface area contributed by atoms with E-state index in [-0.39, 0.29) is 11.3 Å². The number of fused-ring (bicyclic) bond motifs is 3. The lowest BCUT2D eigenvalue weighted by Crippen LogP contribution is -2.46. The Bertz CT molecular complexity index is 1280. The fourth-order valence-corrected chi connectivity index (χ4v) is 6.43. The molecule has 1 aliphatic carbocycles. The van der Waals surface area contributed by atoms with Gasteiger partial charge in [-0.1, -0.05) is 35.9 Å². The third-order valence-electron chi connectivity index (χ3n) is 8.47. The van der Waals surface area contributed by atoms with Gasteiger partial charge in [0, 0.05) is 37.1 Å². The highest BCUT2D eigenvalue weighted by Gasteiger charge is 2.45. The van der Waals surface area contributed by atoms with Crippen LogP contribution in [0.15, 0.2) is 48.6 Å². The molecule has 5 rings (SSSR count). The molecule has 8 heteroatoms. The van der Waals surface area contributed by atoms with E-state index < -0.39 is 18.0 Å². The molecule has 0 fully saturated rings. The molecule has 0 aromatic heterocycles. The van der Waals surface area contributed by atoms with E-state index in [0.29, 0.717) is 24.5 Å². The molecule has 0 unspecified atom stereocenters. The predicted molar refractivity (Wildman–Crippen MR) is 151 cm³/mol. The molecule has 2 atom stereocenters. The van der Waals surface area contributed by atoms with E-state index in [1.165, 1.54) is 23.1 Å². The normalized spacial score (nSPS) is 26.5. The van der Waals surface area contributed by atoms with Crippen LogP contribution in [0.1, 0.15) is 55.2 Å². The zero-order valence-electron chi connectivity index (χ0n) is 22.7. The molecule has 0 radical (unpaired) electrons. The second-order valence-corrected chi connectivity index (χ2v) is 11.5. The van der Waals surface area contributed by atoms with Crippen molar-refractivity contribution in [3.63, 3.8) is 0 Å². The topological polar surface area (TPSA) is 79.3 Å². The molecule has 1 N–H and O–H groups in total. The van der Waals surface area contributed by atoms with Crippen LogP contribution < -0.4 is 9.64 Å². The van der Waals surface area contributed by atoms with Crippen molar-refractivity contribution in [3.8, 4) is 5.75 Å². The number of likely N-dealkylation sites (N-methyl/N-ethyl adjacent to an activating group) is 1. The number of ether oxygens (including phenoxy) is 2. The molecule has 1 amide bonds. The first-order valence-corrected chi connectivity index (χ1v) is 14.1. The lowest BCUT2D eigenvalue weighted by atomic mass is 9.70. The highest BCUT2D eigenvalue weighted by Crippen LogP contribution is 2.45. The second-order valence-electron chi connectivity index (χ2n) is 11.1. The Balaban J connectivity index is 1.59. The van der Waals surface area contributed by atoms with Gasteiger partial charge in [0.25, 0.3) is 0 Å². The van der Waals surface area contributed by atoms with Gasteiger partial charge in [-0.3, -0.25) is 4.79 Å². The van der Waals surface area contributed by atoms with Gasteiger partial charge in [0.2, 0.25) is 5.91 Å². The molecule has 7 nitrogen and oxygen atoms in total. The monoisotopic (exact) mass is 552 g/mol. The number of hydrogen-bond donors (Lipinski definition) is 1. The SMILES string of the molecule is COC(=O)[C@@]1(O)CC(=O)N(C)C/C=C\CCCCN2C[C@@]3(CCCc4cc(Cl)ccc43)COc3ccc1cc32. The minimum atomic E-state index is -2.12. The highest BCUT2D eigenvalue weighted by molar-refractivity contribution is 6.30. The molecule has 2 heterocycles. The Morgan fingerprint density at radius 2 is 1.97 bits per heavy atom. The molecule has 1 spiro atoms. The number of allylic oxidation sites excluding steroid dienone is 1. The first kappa shape index (κ1) is 27.5. The van der Waals surface area contributed by atoms with Crippen LogP contribution in [-0.2, 0) is 31.8 Å². The van der Waals surface area contributed by atoms with Crippen LogP contribution in [0.5, 0.6) is 5.75 Å². The molecule has 2 aliphatic heterocycles. The Hall–Kier alpha value is -3.03. The number of methoxy groups -OCH3 is 1. The molecule has 0 saturated carbocycles. The van der Waals surface area contributed by atoms with Gasteiger partial charge in [-0.15, -0.1) is 0 Å². The van der Waals surface area contributed by atoms with Gasteiger partial charge in [-0.2, -0.15) is 0 Å². The van der Waals surface area contributed by atoms with E-state index in [9.17, 15) is 14.7 Å². The average Bonchev–Trinajstić information content (AvgIpc) is 3.08. The minimum absolute atomic E-state index is 0.211. The summed E-state index contributed by atoms with van der Waals surface area (Å²) in [5, 5.41) is 12.4. The molecule has 2 bridgehead atoms. The number of carbonyl (C=O) groups is 2. The summed E-state index contributed by atoms with van der Waals surface area (Å²) in [6, 6.07) is 11.5. The van der Waals surface area contributed by atoms with Crippen molar-refractivity contribution in [2.75, 3.05) is 45.3 Å². The van der Waals surface area contributed by atoms with Crippen molar-refractivity contribution in [2.24, 2.45) is 0 Å². The lowest BCUT2D eigenvalue weighted by molar-refractivity contribution is -0.167. The number of nitrogens with zero attached hydrogens (tertiary/aromatic N) is 2. The summed E-state index contributed by atoms with van der Waals surface area (Å²) in [5.41, 5.74) is 1.36. The second kappa shape index (κ2) is 11.2. The highest BCUT2D eigenvalue weighted by atomic mass is 35.5. The Morgan fingerprint density at radius 3 is 2.79 bits per heavy atom.